The SMILES string of the molecule is CC(O)Cc1ccc(CN2CCCC2)c(Br)c1. The molecule has 1 aliphatic rings. The third-order valence-electron chi connectivity index (χ3n) is 3.24. The van der Waals surface area contributed by atoms with E-state index in [-0.39, 0.29) is 6.10 Å². The molecule has 0 amide bonds. The van der Waals surface area contributed by atoms with Crippen molar-refractivity contribution < 1.29 is 5.11 Å². The molecule has 1 aromatic rings. The second-order valence-corrected chi connectivity index (χ2v) is 5.82. The minimum Gasteiger partial charge on any atom is -0.393 e. The summed E-state index contributed by atoms with van der Waals surface area (Å²) in [4.78, 5) is 2.49. The molecule has 0 bridgehead atoms. The topological polar surface area (TPSA) is 23.5 Å². The van der Waals surface area contributed by atoms with Gasteiger partial charge in [-0.25, -0.2) is 0 Å². The predicted molar refractivity (Wildman–Crippen MR) is 74.0 cm³/mol. The zero-order chi connectivity index (χ0) is 12.3. The first kappa shape index (κ1) is 13.1. The molecule has 1 saturated heterocycles. The monoisotopic (exact) mass is 297 g/mol. The summed E-state index contributed by atoms with van der Waals surface area (Å²) in [5, 5.41) is 9.37. The summed E-state index contributed by atoms with van der Waals surface area (Å²) in [7, 11) is 0. The van der Waals surface area contributed by atoms with Crippen LogP contribution in [0.5, 0.6) is 0 Å². The van der Waals surface area contributed by atoms with Crippen LogP contribution in [0.15, 0.2) is 22.7 Å². The number of hydrogen-bond acceptors (Lipinski definition) is 2. The van der Waals surface area contributed by atoms with Crippen molar-refractivity contribution in [1.82, 2.24) is 4.90 Å². The largest absolute Gasteiger partial charge is 0.393 e. The number of halogens is 1. The van der Waals surface area contributed by atoms with E-state index in [1.807, 2.05) is 6.92 Å². The van der Waals surface area contributed by atoms with Gasteiger partial charge in [0.2, 0.25) is 0 Å². The Morgan fingerprint density at radius 3 is 2.65 bits per heavy atom. The van der Waals surface area contributed by atoms with Crippen LogP contribution in [0.2, 0.25) is 0 Å². The molecule has 94 valence electrons. The summed E-state index contributed by atoms with van der Waals surface area (Å²) < 4.78 is 1.17. The molecule has 0 aromatic heterocycles. The Hall–Kier alpha value is -0.380. The molecule has 2 rings (SSSR count). The maximum absolute atomic E-state index is 9.37. The fraction of sp³-hybridized carbons (Fsp3) is 0.571. The van der Waals surface area contributed by atoms with Gasteiger partial charge in [-0.3, -0.25) is 4.90 Å². The molecule has 0 saturated carbocycles. The van der Waals surface area contributed by atoms with Crippen LogP contribution in [-0.4, -0.2) is 29.2 Å². The predicted octanol–water partition coefficient (Wildman–Crippen LogP) is 2.97. The van der Waals surface area contributed by atoms with Crippen LogP contribution >= 0.6 is 15.9 Å². The standard InChI is InChI=1S/C14H20BrNO/c1-11(17)8-12-4-5-13(14(15)9-12)10-16-6-2-3-7-16/h4-5,9,11,17H,2-3,6-8,10H2,1H3. The average molecular weight is 298 g/mol. The third-order valence-corrected chi connectivity index (χ3v) is 3.98. The van der Waals surface area contributed by atoms with Gasteiger partial charge in [0.15, 0.2) is 0 Å². The maximum Gasteiger partial charge on any atom is 0.0552 e. The number of likely N-dealkylation sites (tertiary alicyclic amines) is 1. The smallest absolute Gasteiger partial charge is 0.0552 e. The molecule has 1 heterocycles. The molecular formula is C14H20BrNO. The lowest BCUT2D eigenvalue weighted by Gasteiger charge is -2.16. The Kier molecular flexibility index (Phi) is 4.60. The van der Waals surface area contributed by atoms with E-state index in [2.05, 4.69) is 39.0 Å². The van der Waals surface area contributed by atoms with Gasteiger partial charge in [-0.2, -0.15) is 0 Å². The van der Waals surface area contributed by atoms with Gasteiger partial charge >= 0.3 is 0 Å². The molecule has 2 nitrogen and oxygen atoms in total. The molecule has 1 atom stereocenters. The van der Waals surface area contributed by atoms with Gasteiger partial charge in [-0.1, -0.05) is 28.1 Å². The number of rotatable bonds is 4. The summed E-state index contributed by atoms with van der Waals surface area (Å²) in [5.41, 5.74) is 2.54. The first-order chi connectivity index (χ1) is 8.15. The minimum absolute atomic E-state index is 0.272. The van der Waals surface area contributed by atoms with E-state index in [1.165, 1.54) is 41.5 Å². The molecule has 1 aliphatic heterocycles. The second kappa shape index (κ2) is 5.98. The molecule has 1 aromatic carbocycles. The van der Waals surface area contributed by atoms with Crippen molar-refractivity contribution in [2.24, 2.45) is 0 Å². The van der Waals surface area contributed by atoms with Gasteiger partial charge in [0.1, 0.15) is 0 Å². The fourth-order valence-corrected chi connectivity index (χ4v) is 2.92. The Labute approximate surface area is 112 Å². The van der Waals surface area contributed by atoms with Crippen LogP contribution in [0, 0.1) is 0 Å². The number of benzene rings is 1. The Morgan fingerprint density at radius 2 is 2.06 bits per heavy atom. The molecule has 1 N–H and O–H groups in total. The summed E-state index contributed by atoms with van der Waals surface area (Å²) in [6.45, 7) is 5.31. The lowest BCUT2D eigenvalue weighted by atomic mass is 10.1. The van der Waals surface area contributed by atoms with Crippen molar-refractivity contribution in [2.75, 3.05) is 13.1 Å². The highest BCUT2D eigenvalue weighted by Crippen LogP contribution is 2.22. The van der Waals surface area contributed by atoms with E-state index in [1.54, 1.807) is 0 Å². The van der Waals surface area contributed by atoms with Crippen molar-refractivity contribution in [2.45, 2.75) is 38.8 Å². The van der Waals surface area contributed by atoms with Crippen molar-refractivity contribution in [1.29, 1.82) is 0 Å². The van der Waals surface area contributed by atoms with Crippen LogP contribution in [0.3, 0.4) is 0 Å². The molecule has 0 radical (unpaired) electrons. The molecule has 0 aliphatic carbocycles. The quantitative estimate of drug-likeness (QED) is 0.924. The highest BCUT2D eigenvalue weighted by atomic mass is 79.9. The molecule has 17 heavy (non-hydrogen) atoms. The highest BCUT2D eigenvalue weighted by Gasteiger charge is 2.13. The van der Waals surface area contributed by atoms with Crippen LogP contribution in [-0.2, 0) is 13.0 Å². The van der Waals surface area contributed by atoms with Gasteiger partial charge in [-0.15, -0.1) is 0 Å². The third kappa shape index (κ3) is 3.80. The van der Waals surface area contributed by atoms with Crippen LogP contribution < -0.4 is 0 Å². The van der Waals surface area contributed by atoms with Crippen molar-refractivity contribution in [3.05, 3.63) is 33.8 Å². The highest BCUT2D eigenvalue weighted by molar-refractivity contribution is 9.10. The van der Waals surface area contributed by atoms with E-state index >= 15 is 0 Å². The zero-order valence-corrected chi connectivity index (χ0v) is 11.9. The lowest BCUT2D eigenvalue weighted by molar-refractivity contribution is 0.195. The number of hydrogen-bond donors (Lipinski definition) is 1. The molecule has 0 spiro atoms. The molecule has 3 heteroatoms. The molecule has 1 unspecified atom stereocenters. The van der Waals surface area contributed by atoms with Crippen molar-refractivity contribution >= 4 is 15.9 Å². The van der Waals surface area contributed by atoms with Gasteiger partial charge in [0.25, 0.3) is 0 Å². The second-order valence-electron chi connectivity index (χ2n) is 4.96. The summed E-state index contributed by atoms with van der Waals surface area (Å²) in [6.07, 6.45) is 3.12. The first-order valence-corrected chi connectivity index (χ1v) is 7.12. The Bertz CT molecular complexity index is 372. The molecular weight excluding hydrogens is 278 g/mol. The fourth-order valence-electron chi connectivity index (χ4n) is 2.37. The number of nitrogens with zero attached hydrogens (tertiary/aromatic N) is 1. The van der Waals surface area contributed by atoms with E-state index in [0.717, 1.165) is 13.0 Å². The normalized spacial score (nSPS) is 18.5. The van der Waals surface area contributed by atoms with Crippen molar-refractivity contribution in [3.8, 4) is 0 Å². The zero-order valence-electron chi connectivity index (χ0n) is 10.3. The maximum atomic E-state index is 9.37. The first-order valence-electron chi connectivity index (χ1n) is 6.33. The number of aliphatic hydroxyl groups is 1. The Balaban J connectivity index is 2.03. The minimum atomic E-state index is -0.272. The summed E-state index contributed by atoms with van der Waals surface area (Å²) >= 11 is 3.64. The molecule has 1 fully saturated rings. The van der Waals surface area contributed by atoms with Crippen molar-refractivity contribution in [3.63, 3.8) is 0 Å². The summed E-state index contributed by atoms with van der Waals surface area (Å²) in [5.74, 6) is 0. The van der Waals surface area contributed by atoms with Gasteiger partial charge in [0, 0.05) is 11.0 Å². The van der Waals surface area contributed by atoms with E-state index in [0.29, 0.717) is 0 Å². The van der Waals surface area contributed by atoms with Crippen LogP contribution in [0.25, 0.3) is 0 Å². The summed E-state index contributed by atoms with van der Waals surface area (Å²) in [6, 6.07) is 6.45. The van der Waals surface area contributed by atoms with Gasteiger partial charge in [-0.05, 0) is 56.5 Å². The number of aliphatic hydroxyl groups excluding tert-OH is 1. The lowest BCUT2D eigenvalue weighted by Crippen LogP contribution is -2.18. The Morgan fingerprint density at radius 1 is 1.35 bits per heavy atom. The average Bonchev–Trinajstić information content (AvgIpc) is 2.74. The van der Waals surface area contributed by atoms with Gasteiger partial charge in [0.05, 0.1) is 6.10 Å². The van der Waals surface area contributed by atoms with Crippen LogP contribution in [0.4, 0.5) is 0 Å². The van der Waals surface area contributed by atoms with Crippen LogP contribution in [0.1, 0.15) is 30.9 Å². The van der Waals surface area contributed by atoms with E-state index < -0.39 is 0 Å². The van der Waals surface area contributed by atoms with E-state index in [9.17, 15) is 5.11 Å². The van der Waals surface area contributed by atoms with E-state index in [4.69, 9.17) is 0 Å². The van der Waals surface area contributed by atoms with Gasteiger partial charge < -0.3 is 5.11 Å².